The minimum Gasteiger partial charge on any atom is -0.493 e. The summed E-state index contributed by atoms with van der Waals surface area (Å²) in [4.78, 5) is 0. The highest BCUT2D eigenvalue weighted by molar-refractivity contribution is 7.98. The molecule has 0 unspecified atom stereocenters. The van der Waals surface area contributed by atoms with E-state index in [1.807, 2.05) is 36.4 Å². The highest BCUT2D eigenvalue weighted by Gasteiger charge is 2.18. The van der Waals surface area contributed by atoms with Gasteiger partial charge in [0.2, 0.25) is 0 Å². The number of benzene rings is 3. The van der Waals surface area contributed by atoms with Gasteiger partial charge < -0.3 is 9.47 Å². The molecule has 1 heterocycles. The molecule has 0 atom stereocenters. The SMILES string of the molecule is COc1ccc(-c2nnc(SCc3cc(C)ccc3C)n2-c2ccccc2)cc1OC. The molecule has 0 fully saturated rings. The average molecular weight is 432 g/mol. The van der Waals surface area contributed by atoms with E-state index in [0.29, 0.717) is 11.5 Å². The molecule has 0 aliphatic rings. The van der Waals surface area contributed by atoms with Crippen LogP contribution < -0.4 is 9.47 Å². The third kappa shape index (κ3) is 4.44. The Labute approximate surface area is 187 Å². The van der Waals surface area contributed by atoms with Gasteiger partial charge >= 0.3 is 0 Å². The lowest BCUT2D eigenvalue weighted by Gasteiger charge is -2.13. The minimum absolute atomic E-state index is 0.659. The van der Waals surface area contributed by atoms with Gasteiger partial charge in [0, 0.05) is 17.0 Å². The lowest BCUT2D eigenvalue weighted by Crippen LogP contribution is -2.00. The van der Waals surface area contributed by atoms with Crippen molar-refractivity contribution < 1.29 is 9.47 Å². The molecule has 0 bridgehead atoms. The molecule has 0 N–H and O–H groups in total. The molecule has 5 nitrogen and oxygen atoms in total. The van der Waals surface area contributed by atoms with Gasteiger partial charge in [0.25, 0.3) is 0 Å². The summed E-state index contributed by atoms with van der Waals surface area (Å²) in [7, 11) is 3.26. The third-order valence-electron chi connectivity index (χ3n) is 5.15. The molecule has 0 aliphatic heterocycles. The van der Waals surface area contributed by atoms with Gasteiger partial charge in [0.1, 0.15) is 0 Å². The maximum Gasteiger partial charge on any atom is 0.196 e. The Morgan fingerprint density at radius 1 is 0.839 bits per heavy atom. The van der Waals surface area contributed by atoms with Crippen LogP contribution >= 0.6 is 11.8 Å². The van der Waals surface area contributed by atoms with Gasteiger partial charge in [-0.1, -0.05) is 53.7 Å². The quantitative estimate of drug-likeness (QED) is 0.343. The molecule has 1 aromatic heterocycles. The maximum absolute atomic E-state index is 5.49. The minimum atomic E-state index is 0.659. The molecule has 0 radical (unpaired) electrons. The summed E-state index contributed by atoms with van der Waals surface area (Å²) < 4.78 is 13.0. The molecule has 0 amide bonds. The predicted molar refractivity (Wildman–Crippen MR) is 125 cm³/mol. The molecule has 4 rings (SSSR count). The number of hydrogen-bond acceptors (Lipinski definition) is 5. The highest BCUT2D eigenvalue weighted by atomic mass is 32.2. The van der Waals surface area contributed by atoms with E-state index in [-0.39, 0.29) is 0 Å². The number of nitrogens with zero attached hydrogens (tertiary/aromatic N) is 3. The van der Waals surface area contributed by atoms with E-state index in [4.69, 9.17) is 9.47 Å². The van der Waals surface area contributed by atoms with Crippen molar-refractivity contribution in [2.75, 3.05) is 14.2 Å². The van der Waals surface area contributed by atoms with Crippen molar-refractivity contribution >= 4 is 11.8 Å². The van der Waals surface area contributed by atoms with Gasteiger partial charge in [0.05, 0.1) is 14.2 Å². The first-order valence-corrected chi connectivity index (χ1v) is 11.0. The van der Waals surface area contributed by atoms with E-state index in [2.05, 4.69) is 58.9 Å². The zero-order chi connectivity index (χ0) is 21.8. The summed E-state index contributed by atoms with van der Waals surface area (Å²) in [6.45, 7) is 4.27. The zero-order valence-corrected chi connectivity index (χ0v) is 18.9. The number of methoxy groups -OCH3 is 2. The van der Waals surface area contributed by atoms with Crippen molar-refractivity contribution in [1.82, 2.24) is 14.8 Å². The second-order valence-electron chi connectivity index (χ2n) is 7.27. The number of thioether (sulfide) groups is 1. The summed E-state index contributed by atoms with van der Waals surface area (Å²) >= 11 is 1.68. The third-order valence-corrected chi connectivity index (χ3v) is 6.13. The maximum atomic E-state index is 5.49. The zero-order valence-electron chi connectivity index (χ0n) is 18.1. The summed E-state index contributed by atoms with van der Waals surface area (Å²) in [5.41, 5.74) is 5.77. The topological polar surface area (TPSA) is 49.2 Å². The van der Waals surface area contributed by atoms with Crippen LogP contribution in [0.15, 0.2) is 71.9 Å². The van der Waals surface area contributed by atoms with Crippen molar-refractivity contribution in [3.05, 3.63) is 83.4 Å². The number of hydrogen-bond donors (Lipinski definition) is 0. The monoisotopic (exact) mass is 431 g/mol. The molecular formula is C25H25N3O2S. The first kappa shape index (κ1) is 21.0. The van der Waals surface area contributed by atoms with Crippen LogP contribution in [0.1, 0.15) is 16.7 Å². The van der Waals surface area contributed by atoms with Gasteiger partial charge in [-0.3, -0.25) is 4.57 Å². The number of aryl methyl sites for hydroxylation is 2. The fraction of sp³-hybridized carbons (Fsp3) is 0.200. The fourth-order valence-corrected chi connectivity index (χ4v) is 4.45. The van der Waals surface area contributed by atoms with Crippen molar-refractivity contribution in [3.63, 3.8) is 0 Å². The van der Waals surface area contributed by atoms with Gasteiger partial charge in [-0.25, -0.2) is 0 Å². The Kier molecular flexibility index (Phi) is 6.28. The summed E-state index contributed by atoms with van der Waals surface area (Å²) in [5.74, 6) is 2.93. The second kappa shape index (κ2) is 9.27. The van der Waals surface area contributed by atoms with Gasteiger partial charge in [-0.2, -0.15) is 0 Å². The van der Waals surface area contributed by atoms with Crippen LogP contribution in [0.2, 0.25) is 0 Å². The van der Waals surface area contributed by atoms with Crippen LogP contribution in [0.4, 0.5) is 0 Å². The predicted octanol–water partition coefficient (Wildman–Crippen LogP) is 5.86. The summed E-state index contributed by atoms with van der Waals surface area (Å²) in [6.07, 6.45) is 0. The van der Waals surface area contributed by atoms with E-state index < -0.39 is 0 Å². The highest BCUT2D eigenvalue weighted by Crippen LogP contribution is 2.35. The molecule has 0 saturated carbocycles. The Hall–Kier alpha value is -3.25. The van der Waals surface area contributed by atoms with Gasteiger partial charge in [0.15, 0.2) is 22.5 Å². The number of rotatable bonds is 7. The second-order valence-corrected chi connectivity index (χ2v) is 8.21. The number of aromatic nitrogens is 3. The number of ether oxygens (including phenoxy) is 2. The number of para-hydroxylation sites is 1. The average Bonchev–Trinajstić information content (AvgIpc) is 3.23. The summed E-state index contributed by atoms with van der Waals surface area (Å²) in [5, 5.41) is 9.92. The van der Waals surface area contributed by atoms with Crippen molar-refractivity contribution in [1.29, 1.82) is 0 Å². The smallest absolute Gasteiger partial charge is 0.196 e. The van der Waals surface area contributed by atoms with Crippen molar-refractivity contribution in [2.45, 2.75) is 24.8 Å². The molecule has 0 saturated heterocycles. The van der Waals surface area contributed by atoms with Crippen LogP contribution in [0, 0.1) is 13.8 Å². The van der Waals surface area contributed by atoms with E-state index in [1.165, 1.54) is 16.7 Å². The Morgan fingerprint density at radius 3 is 2.35 bits per heavy atom. The van der Waals surface area contributed by atoms with Crippen LogP contribution in [0.3, 0.4) is 0 Å². The first-order chi connectivity index (χ1) is 15.1. The normalized spacial score (nSPS) is 10.8. The Morgan fingerprint density at radius 2 is 1.61 bits per heavy atom. The first-order valence-electron chi connectivity index (χ1n) is 10.0. The van der Waals surface area contributed by atoms with Gasteiger partial charge in [-0.05, 0) is 55.3 Å². The molecule has 4 aromatic rings. The van der Waals surface area contributed by atoms with Crippen LogP contribution in [-0.4, -0.2) is 29.0 Å². The standard InChI is InChI=1S/C25H25N3O2S/c1-17-10-11-18(2)20(14-17)16-31-25-27-26-24(28(25)21-8-6-5-7-9-21)19-12-13-22(29-3)23(15-19)30-4/h5-15H,16H2,1-4H3. The van der Waals surface area contributed by atoms with Gasteiger partial charge in [-0.15, -0.1) is 10.2 Å². The fourth-order valence-electron chi connectivity index (χ4n) is 3.43. The van der Waals surface area contributed by atoms with Crippen LogP contribution in [0.25, 0.3) is 17.1 Å². The molecule has 158 valence electrons. The lowest BCUT2D eigenvalue weighted by atomic mass is 10.1. The van der Waals surface area contributed by atoms with Crippen molar-refractivity contribution in [2.24, 2.45) is 0 Å². The Balaban J connectivity index is 1.75. The van der Waals surface area contributed by atoms with E-state index in [0.717, 1.165) is 28.0 Å². The van der Waals surface area contributed by atoms with Crippen LogP contribution in [0.5, 0.6) is 11.5 Å². The van der Waals surface area contributed by atoms with E-state index >= 15 is 0 Å². The molecule has 0 spiro atoms. The summed E-state index contributed by atoms with van der Waals surface area (Å²) in [6, 6.07) is 22.5. The largest absolute Gasteiger partial charge is 0.493 e. The Bertz CT molecular complexity index is 1190. The molecular weight excluding hydrogens is 406 g/mol. The lowest BCUT2D eigenvalue weighted by molar-refractivity contribution is 0.355. The molecule has 31 heavy (non-hydrogen) atoms. The van der Waals surface area contributed by atoms with Crippen molar-refractivity contribution in [3.8, 4) is 28.6 Å². The van der Waals surface area contributed by atoms with Crippen LogP contribution in [-0.2, 0) is 5.75 Å². The molecule has 3 aromatic carbocycles. The van der Waals surface area contributed by atoms with E-state index in [9.17, 15) is 0 Å². The molecule has 0 aliphatic carbocycles. The van der Waals surface area contributed by atoms with E-state index in [1.54, 1.807) is 26.0 Å². The molecule has 6 heteroatoms.